The third kappa shape index (κ3) is 5.77. The Morgan fingerprint density at radius 3 is 2.27 bits per heavy atom. The molecule has 0 aromatic heterocycles. The van der Waals surface area contributed by atoms with Gasteiger partial charge in [0, 0.05) is 56.9 Å². The molecule has 0 radical (unpaired) electrons. The molecule has 0 bridgehead atoms. The zero-order chi connectivity index (χ0) is 19.1. The van der Waals surface area contributed by atoms with Gasteiger partial charge in [-0.3, -0.25) is 9.59 Å². The van der Waals surface area contributed by atoms with Gasteiger partial charge >= 0.3 is 0 Å². The van der Waals surface area contributed by atoms with Crippen molar-refractivity contribution in [3.63, 3.8) is 0 Å². The van der Waals surface area contributed by atoms with Crippen molar-refractivity contribution in [3.05, 3.63) is 59.1 Å². The quantitative estimate of drug-likeness (QED) is 0.803. The fourth-order valence-electron chi connectivity index (χ4n) is 2.48. The summed E-state index contributed by atoms with van der Waals surface area (Å²) >= 11 is 6.16. The van der Waals surface area contributed by atoms with Crippen molar-refractivity contribution in [1.82, 2.24) is 4.90 Å². The van der Waals surface area contributed by atoms with Gasteiger partial charge in [-0.2, -0.15) is 0 Å². The maximum atomic E-state index is 12.2. The van der Waals surface area contributed by atoms with Gasteiger partial charge in [0.25, 0.3) is 0 Å². The van der Waals surface area contributed by atoms with E-state index in [1.54, 1.807) is 11.0 Å². The predicted octanol–water partition coefficient (Wildman–Crippen LogP) is 3.78. The van der Waals surface area contributed by atoms with Gasteiger partial charge in [-0.15, -0.1) is 0 Å². The molecule has 6 heteroatoms. The van der Waals surface area contributed by atoms with E-state index in [9.17, 15) is 9.59 Å². The number of anilines is 2. The lowest BCUT2D eigenvalue weighted by Crippen LogP contribution is -2.31. The Bertz CT molecular complexity index is 760. The number of hydrogen-bond acceptors (Lipinski definition) is 3. The summed E-state index contributed by atoms with van der Waals surface area (Å²) < 4.78 is 0. The SMILES string of the molecule is CC(=O)N(CCC(=O)Nc1ccc(N(C)C)cc1)Cc1ccccc1Cl. The van der Waals surface area contributed by atoms with Gasteiger partial charge in [0.05, 0.1) is 0 Å². The number of nitrogens with zero attached hydrogens (tertiary/aromatic N) is 2. The minimum atomic E-state index is -0.131. The summed E-state index contributed by atoms with van der Waals surface area (Å²) in [5.41, 5.74) is 2.66. The fourth-order valence-corrected chi connectivity index (χ4v) is 2.68. The molecule has 1 N–H and O–H groups in total. The Balaban J connectivity index is 1.91. The molecular weight excluding hydrogens is 350 g/mol. The number of nitrogens with one attached hydrogen (secondary N) is 1. The lowest BCUT2D eigenvalue weighted by Gasteiger charge is -2.21. The topological polar surface area (TPSA) is 52.7 Å². The van der Waals surface area contributed by atoms with Crippen LogP contribution in [0, 0.1) is 0 Å². The van der Waals surface area contributed by atoms with Crippen LogP contribution in [0.4, 0.5) is 11.4 Å². The highest BCUT2D eigenvalue weighted by molar-refractivity contribution is 6.31. The molecule has 2 aromatic rings. The maximum Gasteiger partial charge on any atom is 0.226 e. The Hall–Kier alpha value is -2.53. The summed E-state index contributed by atoms with van der Waals surface area (Å²) in [5, 5.41) is 3.47. The Morgan fingerprint density at radius 1 is 1.04 bits per heavy atom. The molecular formula is C20H24ClN3O2. The van der Waals surface area contributed by atoms with Crippen LogP contribution in [0.2, 0.25) is 5.02 Å². The maximum absolute atomic E-state index is 12.2. The Labute approximate surface area is 159 Å². The number of hydrogen-bond donors (Lipinski definition) is 1. The highest BCUT2D eigenvalue weighted by Gasteiger charge is 2.13. The summed E-state index contributed by atoms with van der Waals surface area (Å²) in [4.78, 5) is 27.7. The zero-order valence-electron chi connectivity index (χ0n) is 15.3. The largest absolute Gasteiger partial charge is 0.378 e. The van der Waals surface area contributed by atoms with Gasteiger partial charge < -0.3 is 15.1 Å². The van der Waals surface area contributed by atoms with Gasteiger partial charge in [-0.25, -0.2) is 0 Å². The summed E-state index contributed by atoms with van der Waals surface area (Å²) in [7, 11) is 3.92. The molecule has 0 aliphatic rings. The molecule has 26 heavy (non-hydrogen) atoms. The average molecular weight is 374 g/mol. The van der Waals surface area contributed by atoms with E-state index < -0.39 is 0 Å². The number of amides is 2. The molecule has 0 heterocycles. The fraction of sp³-hybridized carbons (Fsp3) is 0.300. The lowest BCUT2D eigenvalue weighted by molar-refractivity contribution is -0.129. The van der Waals surface area contributed by atoms with E-state index in [-0.39, 0.29) is 18.2 Å². The summed E-state index contributed by atoms with van der Waals surface area (Å²) in [6.07, 6.45) is 0.222. The molecule has 0 aliphatic heterocycles. The highest BCUT2D eigenvalue weighted by Crippen LogP contribution is 2.18. The summed E-state index contributed by atoms with van der Waals surface area (Å²) in [6, 6.07) is 15.0. The highest BCUT2D eigenvalue weighted by atomic mass is 35.5. The van der Waals surface area contributed by atoms with Crippen molar-refractivity contribution in [2.24, 2.45) is 0 Å². The molecule has 0 spiro atoms. The monoisotopic (exact) mass is 373 g/mol. The molecule has 0 fully saturated rings. The van der Waals surface area contributed by atoms with E-state index >= 15 is 0 Å². The molecule has 138 valence electrons. The van der Waals surface area contributed by atoms with Gasteiger partial charge in [0.15, 0.2) is 0 Å². The molecule has 0 saturated carbocycles. The first-order valence-corrected chi connectivity index (χ1v) is 8.81. The van der Waals surface area contributed by atoms with E-state index in [4.69, 9.17) is 11.6 Å². The van der Waals surface area contributed by atoms with E-state index in [2.05, 4.69) is 5.32 Å². The Kier molecular flexibility index (Phi) is 7.04. The van der Waals surface area contributed by atoms with Crippen LogP contribution < -0.4 is 10.2 Å². The van der Waals surface area contributed by atoms with Crippen LogP contribution in [0.1, 0.15) is 18.9 Å². The zero-order valence-corrected chi connectivity index (χ0v) is 16.1. The number of halogens is 1. The van der Waals surface area contributed by atoms with Gasteiger partial charge in [-0.1, -0.05) is 29.8 Å². The third-order valence-electron chi connectivity index (χ3n) is 4.04. The van der Waals surface area contributed by atoms with Gasteiger partial charge in [-0.05, 0) is 35.9 Å². The first-order valence-electron chi connectivity index (χ1n) is 8.43. The van der Waals surface area contributed by atoms with E-state index in [1.807, 2.05) is 61.5 Å². The molecule has 2 rings (SSSR count). The number of carbonyl (C=O) groups excluding carboxylic acids is 2. The standard InChI is InChI=1S/C20H24ClN3O2/c1-15(25)24(14-16-6-4-5-7-19(16)21)13-12-20(26)22-17-8-10-18(11-9-17)23(2)3/h4-11H,12-14H2,1-3H3,(H,22,26). The van der Waals surface area contributed by atoms with Crippen LogP contribution in [0.15, 0.2) is 48.5 Å². The average Bonchev–Trinajstić information content (AvgIpc) is 2.60. The van der Waals surface area contributed by atoms with Gasteiger partial charge in [0.2, 0.25) is 11.8 Å². The second kappa shape index (κ2) is 9.25. The molecule has 0 aliphatic carbocycles. The predicted molar refractivity (Wildman–Crippen MR) is 107 cm³/mol. The van der Waals surface area contributed by atoms with Crippen molar-refractivity contribution in [2.75, 3.05) is 30.9 Å². The van der Waals surface area contributed by atoms with E-state index in [0.29, 0.717) is 18.1 Å². The van der Waals surface area contributed by atoms with Crippen LogP contribution >= 0.6 is 11.6 Å². The van der Waals surface area contributed by atoms with Crippen molar-refractivity contribution >= 4 is 34.8 Å². The van der Waals surface area contributed by atoms with Crippen molar-refractivity contribution in [3.8, 4) is 0 Å². The normalized spacial score (nSPS) is 10.3. The van der Waals surface area contributed by atoms with Crippen LogP contribution in [0.5, 0.6) is 0 Å². The molecule has 0 atom stereocenters. The molecule has 0 unspecified atom stereocenters. The minimum Gasteiger partial charge on any atom is -0.378 e. The van der Waals surface area contributed by atoms with Crippen molar-refractivity contribution in [1.29, 1.82) is 0 Å². The number of rotatable bonds is 7. The lowest BCUT2D eigenvalue weighted by atomic mass is 10.2. The van der Waals surface area contributed by atoms with Crippen LogP contribution in [0.3, 0.4) is 0 Å². The van der Waals surface area contributed by atoms with Gasteiger partial charge in [0.1, 0.15) is 0 Å². The molecule has 2 amide bonds. The van der Waals surface area contributed by atoms with E-state index in [0.717, 1.165) is 16.9 Å². The second-order valence-electron chi connectivity index (χ2n) is 6.27. The third-order valence-corrected chi connectivity index (χ3v) is 4.41. The first-order chi connectivity index (χ1) is 12.4. The summed E-state index contributed by atoms with van der Waals surface area (Å²) in [5.74, 6) is -0.221. The minimum absolute atomic E-state index is 0.0898. The van der Waals surface area contributed by atoms with Crippen LogP contribution in [-0.2, 0) is 16.1 Å². The van der Waals surface area contributed by atoms with Crippen molar-refractivity contribution in [2.45, 2.75) is 19.9 Å². The van der Waals surface area contributed by atoms with Crippen molar-refractivity contribution < 1.29 is 9.59 Å². The van der Waals surface area contributed by atoms with Crippen LogP contribution in [-0.4, -0.2) is 37.4 Å². The molecule has 5 nitrogen and oxygen atoms in total. The second-order valence-corrected chi connectivity index (χ2v) is 6.68. The first kappa shape index (κ1) is 19.8. The molecule has 0 saturated heterocycles. The Morgan fingerprint density at radius 2 is 1.69 bits per heavy atom. The number of benzene rings is 2. The smallest absolute Gasteiger partial charge is 0.226 e. The summed E-state index contributed by atoms with van der Waals surface area (Å²) in [6.45, 7) is 2.22. The van der Waals surface area contributed by atoms with Crippen LogP contribution in [0.25, 0.3) is 0 Å². The number of carbonyl (C=O) groups is 2. The van der Waals surface area contributed by atoms with E-state index in [1.165, 1.54) is 6.92 Å². The molecule has 2 aromatic carbocycles.